The van der Waals surface area contributed by atoms with Crippen molar-refractivity contribution in [3.63, 3.8) is 0 Å². The van der Waals surface area contributed by atoms with Gasteiger partial charge in [0.1, 0.15) is 0 Å². The highest BCUT2D eigenvalue weighted by Crippen LogP contribution is 2.21. The van der Waals surface area contributed by atoms with Gasteiger partial charge in [0.2, 0.25) is 11.9 Å². The molecule has 1 atom stereocenters. The van der Waals surface area contributed by atoms with Crippen molar-refractivity contribution in [2.24, 2.45) is 0 Å². The van der Waals surface area contributed by atoms with Gasteiger partial charge in [-0.1, -0.05) is 13.0 Å². The summed E-state index contributed by atoms with van der Waals surface area (Å²) in [6.07, 6.45) is 1.48. The van der Waals surface area contributed by atoms with Crippen molar-refractivity contribution in [1.82, 2.24) is 15.3 Å². The molecule has 27 heavy (non-hydrogen) atoms. The maximum atomic E-state index is 12.5. The predicted octanol–water partition coefficient (Wildman–Crippen LogP) is 2.18. The van der Waals surface area contributed by atoms with Crippen LogP contribution in [0.2, 0.25) is 0 Å². The fourth-order valence-corrected chi connectivity index (χ4v) is 4.05. The van der Waals surface area contributed by atoms with Crippen LogP contribution in [-0.4, -0.2) is 42.2 Å². The first-order chi connectivity index (χ1) is 13.1. The number of aromatic nitrogens is 2. The lowest BCUT2D eigenvalue weighted by atomic mass is 10.1. The first-order valence-corrected chi connectivity index (χ1v) is 10.2. The summed E-state index contributed by atoms with van der Waals surface area (Å²) < 4.78 is 5.33. The van der Waals surface area contributed by atoms with E-state index in [9.17, 15) is 9.59 Å². The van der Waals surface area contributed by atoms with Crippen LogP contribution in [-0.2, 0) is 16.0 Å². The van der Waals surface area contributed by atoms with Gasteiger partial charge in [-0.15, -0.1) is 11.3 Å². The molecular weight excluding hydrogens is 364 g/mol. The molecular formula is C19H26N4O3S. The summed E-state index contributed by atoms with van der Waals surface area (Å²) in [5, 5.41) is 5.07. The Morgan fingerprint density at radius 1 is 1.44 bits per heavy atom. The molecule has 1 unspecified atom stereocenters. The monoisotopic (exact) mass is 390 g/mol. The first kappa shape index (κ1) is 19.6. The van der Waals surface area contributed by atoms with E-state index in [0.29, 0.717) is 49.9 Å². The number of ether oxygens (including phenoxy) is 1. The van der Waals surface area contributed by atoms with Crippen LogP contribution in [0.25, 0.3) is 0 Å². The second-order valence-electron chi connectivity index (χ2n) is 6.60. The second-order valence-corrected chi connectivity index (χ2v) is 7.58. The number of hydrogen-bond donors (Lipinski definition) is 2. The standard InChI is InChI=1S/C19H26N4O3S/c1-3-15(16-5-4-12-27-16)21-17(24)7-6-14-13(2)20-19(22-18(14)25)23-8-10-26-11-9-23/h4-5,12,15H,3,6-11H2,1-2H3,(H,21,24)(H,20,22,25). The molecule has 0 bridgehead atoms. The molecule has 1 saturated heterocycles. The van der Waals surface area contributed by atoms with Crippen molar-refractivity contribution in [3.05, 3.63) is 44.0 Å². The van der Waals surface area contributed by atoms with E-state index in [-0.39, 0.29) is 23.9 Å². The average Bonchev–Trinajstić information content (AvgIpc) is 3.20. The van der Waals surface area contributed by atoms with Gasteiger partial charge in [-0.25, -0.2) is 4.98 Å². The zero-order chi connectivity index (χ0) is 19.2. The van der Waals surface area contributed by atoms with E-state index in [0.717, 1.165) is 11.3 Å². The highest BCUT2D eigenvalue weighted by molar-refractivity contribution is 7.10. The molecule has 0 aliphatic carbocycles. The lowest BCUT2D eigenvalue weighted by Gasteiger charge is -2.27. The molecule has 0 saturated carbocycles. The van der Waals surface area contributed by atoms with Gasteiger partial charge in [-0.05, 0) is 31.2 Å². The van der Waals surface area contributed by atoms with Gasteiger partial charge >= 0.3 is 0 Å². The van der Waals surface area contributed by atoms with Crippen LogP contribution >= 0.6 is 11.3 Å². The number of amides is 1. The quantitative estimate of drug-likeness (QED) is 0.757. The highest BCUT2D eigenvalue weighted by Gasteiger charge is 2.18. The summed E-state index contributed by atoms with van der Waals surface area (Å²) >= 11 is 1.64. The summed E-state index contributed by atoms with van der Waals surface area (Å²) in [5.41, 5.74) is 1.09. The number of carbonyl (C=O) groups excluding carboxylic acids is 1. The Hall–Kier alpha value is -2.19. The molecule has 7 nitrogen and oxygen atoms in total. The van der Waals surface area contributed by atoms with Crippen LogP contribution in [0.15, 0.2) is 22.3 Å². The van der Waals surface area contributed by atoms with Gasteiger partial charge in [-0.2, -0.15) is 0 Å². The van der Waals surface area contributed by atoms with E-state index in [4.69, 9.17) is 4.74 Å². The van der Waals surface area contributed by atoms with Crippen LogP contribution < -0.4 is 15.8 Å². The van der Waals surface area contributed by atoms with Gasteiger partial charge < -0.3 is 15.0 Å². The minimum atomic E-state index is -0.165. The number of carbonyl (C=O) groups is 1. The Morgan fingerprint density at radius 3 is 2.85 bits per heavy atom. The minimum absolute atomic E-state index is 0.0266. The Labute approximate surface area is 162 Å². The number of anilines is 1. The van der Waals surface area contributed by atoms with Crippen molar-refractivity contribution in [2.45, 2.75) is 39.2 Å². The molecule has 8 heteroatoms. The van der Waals surface area contributed by atoms with E-state index in [1.54, 1.807) is 11.3 Å². The van der Waals surface area contributed by atoms with Crippen LogP contribution in [0.4, 0.5) is 5.95 Å². The van der Waals surface area contributed by atoms with E-state index in [1.807, 2.05) is 36.3 Å². The van der Waals surface area contributed by atoms with Crippen molar-refractivity contribution in [3.8, 4) is 0 Å². The number of nitrogens with one attached hydrogen (secondary N) is 2. The van der Waals surface area contributed by atoms with Gasteiger partial charge in [0, 0.05) is 35.6 Å². The molecule has 0 radical (unpaired) electrons. The van der Waals surface area contributed by atoms with Crippen LogP contribution in [0.1, 0.15) is 41.9 Å². The summed E-state index contributed by atoms with van der Waals surface area (Å²) in [6.45, 7) is 6.57. The topological polar surface area (TPSA) is 87.3 Å². The number of aromatic amines is 1. The summed E-state index contributed by atoms with van der Waals surface area (Å²) in [7, 11) is 0. The second kappa shape index (κ2) is 9.14. The lowest BCUT2D eigenvalue weighted by Crippen LogP contribution is -2.38. The number of H-pyrrole nitrogens is 1. The normalized spacial score (nSPS) is 15.6. The summed E-state index contributed by atoms with van der Waals surface area (Å²) in [4.78, 5) is 35.4. The van der Waals surface area contributed by atoms with Crippen LogP contribution in [0, 0.1) is 6.92 Å². The molecule has 3 rings (SSSR count). The molecule has 2 N–H and O–H groups in total. The first-order valence-electron chi connectivity index (χ1n) is 9.33. The number of aryl methyl sites for hydroxylation is 1. The maximum Gasteiger partial charge on any atom is 0.255 e. The number of morpholine rings is 1. The van der Waals surface area contributed by atoms with Gasteiger partial charge in [0.05, 0.1) is 19.3 Å². The zero-order valence-corrected chi connectivity index (χ0v) is 16.6. The van der Waals surface area contributed by atoms with E-state index in [1.165, 1.54) is 0 Å². The fraction of sp³-hybridized carbons (Fsp3) is 0.526. The van der Waals surface area contributed by atoms with E-state index >= 15 is 0 Å². The smallest absolute Gasteiger partial charge is 0.255 e. The molecule has 2 aromatic rings. The van der Waals surface area contributed by atoms with E-state index < -0.39 is 0 Å². The largest absolute Gasteiger partial charge is 0.378 e. The maximum absolute atomic E-state index is 12.5. The number of hydrogen-bond acceptors (Lipinski definition) is 6. The molecule has 0 aromatic carbocycles. The molecule has 2 aromatic heterocycles. The predicted molar refractivity (Wildman–Crippen MR) is 106 cm³/mol. The molecule has 0 spiro atoms. The molecule has 1 aliphatic heterocycles. The van der Waals surface area contributed by atoms with E-state index in [2.05, 4.69) is 15.3 Å². The number of rotatable bonds is 7. The average molecular weight is 391 g/mol. The summed E-state index contributed by atoms with van der Waals surface area (Å²) in [6, 6.07) is 4.04. The van der Waals surface area contributed by atoms with Crippen LogP contribution in [0.5, 0.6) is 0 Å². The lowest BCUT2D eigenvalue weighted by molar-refractivity contribution is -0.121. The third kappa shape index (κ3) is 4.95. The fourth-order valence-electron chi connectivity index (χ4n) is 3.18. The zero-order valence-electron chi connectivity index (χ0n) is 15.8. The Balaban J connectivity index is 1.61. The summed E-state index contributed by atoms with van der Waals surface area (Å²) in [5.74, 6) is 0.532. The van der Waals surface area contributed by atoms with Crippen molar-refractivity contribution < 1.29 is 9.53 Å². The number of thiophene rings is 1. The Kier molecular flexibility index (Phi) is 6.63. The third-order valence-corrected chi connectivity index (χ3v) is 5.74. The molecule has 1 aliphatic rings. The molecule has 1 fully saturated rings. The third-order valence-electron chi connectivity index (χ3n) is 4.75. The van der Waals surface area contributed by atoms with Crippen LogP contribution in [0.3, 0.4) is 0 Å². The Morgan fingerprint density at radius 2 is 2.22 bits per heavy atom. The van der Waals surface area contributed by atoms with Gasteiger partial charge in [-0.3, -0.25) is 14.6 Å². The van der Waals surface area contributed by atoms with Crippen molar-refractivity contribution in [1.29, 1.82) is 0 Å². The SMILES string of the molecule is CCC(NC(=O)CCc1c(C)nc(N2CCOCC2)[nH]c1=O)c1cccs1. The van der Waals surface area contributed by atoms with Gasteiger partial charge in [0.15, 0.2) is 0 Å². The Bertz CT molecular complexity index is 813. The molecule has 146 valence electrons. The van der Waals surface area contributed by atoms with Gasteiger partial charge in [0.25, 0.3) is 5.56 Å². The molecule has 3 heterocycles. The van der Waals surface area contributed by atoms with Crippen molar-refractivity contribution in [2.75, 3.05) is 31.2 Å². The minimum Gasteiger partial charge on any atom is -0.378 e. The number of nitrogens with zero attached hydrogens (tertiary/aromatic N) is 2. The highest BCUT2D eigenvalue weighted by atomic mass is 32.1. The van der Waals surface area contributed by atoms with Crippen molar-refractivity contribution >= 4 is 23.2 Å². The molecule has 1 amide bonds.